The molecule has 0 aliphatic carbocycles. The maximum Gasteiger partial charge on any atom is 0.321 e. The minimum Gasteiger partial charge on any atom is -0.396 e. The molecule has 0 radical (unpaired) electrons. The van der Waals surface area contributed by atoms with Gasteiger partial charge in [-0.1, -0.05) is 24.3 Å². The van der Waals surface area contributed by atoms with Gasteiger partial charge in [0.1, 0.15) is 0 Å². The number of nitrogens with one attached hydrogen (secondary N) is 1. The first kappa shape index (κ1) is 14.1. The van der Waals surface area contributed by atoms with Gasteiger partial charge >= 0.3 is 6.03 Å². The molecule has 5 heteroatoms. The number of likely N-dealkylation sites (tertiary alicyclic amines) is 1. The third-order valence-corrected chi connectivity index (χ3v) is 4.69. The SMILES string of the molecule is O=C(Nc1ccccc1-c1cccs1)N1CCC(CO)C1. The van der Waals surface area contributed by atoms with Crippen LogP contribution in [0.15, 0.2) is 41.8 Å². The highest BCUT2D eigenvalue weighted by molar-refractivity contribution is 7.13. The Morgan fingerprint density at radius 1 is 1.33 bits per heavy atom. The van der Waals surface area contributed by atoms with Gasteiger partial charge < -0.3 is 15.3 Å². The molecule has 0 bridgehead atoms. The number of carbonyl (C=O) groups is 1. The van der Waals surface area contributed by atoms with Gasteiger partial charge in [0.05, 0.1) is 5.69 Å². The molecule has 2 aromatic rings. The molecular weight excluding hydrogens is 284 g/mol. The van der Waals surface area contributed by atoms with E-state index in [0.29, 0.717) is 13.1 Å². The third-order valence-electron chi connectivity index (χ3n) is 3.79. The van der Waals surface area contributed by atoms with E-state index in [2.05, 4.69) is 5.32 Å². The molecule has 2 N–H and O–H groups in total. The van der Waals surface area contributed by atoms with Crippen molar-refractivity contribution in [3.8, 4) is 10.4 Å². The zero-order valence-corrected chi connectivity index (χ0v) is 12.5. The quantitative estimate of drug-likeness (QED) is 0.914. The maximum absolute atomic E-state index is 12.3. The highest BCUT2D eigenvalue weighted by atomic mass is 32.1. The first-order valence-electron chi connectivity index (χ1n) is 7.07. The molecule has 1 unspecified atom stereocenters. The number of anilines is 1. The number of hydrogen-bond donors (Lipinski definition) is 2. The summed E-state index contributed by atoms with van der Waals surface area (Å²) in [5.41, 5.74) is 1.87. The van der Waals surface area contributed by atoms with E-state index in [-0.39, 0.29) is 18.6 Å². The topological polar surface area (TPSA) is 52.6 Å². The molecule has 1 saturated heterocycles. The van der Waals surface area contributed by atoms with Crippen LogP contribution in [0.5, 0.6) is 0 Å². The summed E-state index contributed by atoms with van der Waals surface area (Å²) in [6.45, 7) is 1.48. The molecule has 1 aromatic carbocycles. The van der Waals surface area contributed by atoms with Gasteiger partial charge in [0.15, 0.2) is 0 Å². The second-order valence-corrected chi connectivity index (χ2v) is 6.18. The predicted molar refractivity (Wildman–Crippen MR) is 85.5 cm³/mol. The second-order valence-electron chi connectivity index (χ2n) is 5.24. The Kier molecular flexibility index (Phi) is 4.22. The molecule has 3 rings (SSSR count). The van der Waals surface area contributed by atoms with Crippen molar-refractivity contribution in [2.45, 2.75) is 6.42 Å². The fourth-order valence-corrected chi connectivity index (χ4v) is 3.37. The van der Waals surface area contributed by atoms with Gasteiger partial charge in [-0.25, -0.2) is 4.79 Å². The maximum atomic E-state index is 12.3. The number of hydrogen-bond acceptors (Lipinski definition) is 3. The number of aliphatic hydroxyl groups excluding tert-OH is 1. The Morgan fingerprint density at radius 2 is 2.19 bits per heavy atom. The van der Waals surface area contributed by atoms with Crippen LogP contribution in [0.4, 0.5) is 10.5 Å². The number of nitrogens with zero attached hydrogens (tertiary/aromatic N) is 1. The van der Waals surface area contributed by atoms with E-state index in [0.717, 1.165) is 22.5 Å². The molecule has 0 saturated carbocycles. The molecule has 110 valence electrons. The van der Waals surface area contributed by atoms with Gasteiger partial charge in [-0.3, -0.25) is 0 Å². The van der Waals surface area contributed by atoms with Gasteiger partial charge in [0.25, 0.3) is 0 Å². The molecule has 1 fully saturated rings. The van der Waals surface area contributed by atoms with Crippen LogP contribution in [-0.4, -0.2) is 35.7 Å². The molecule has 0 spiro atoms. The molecule has 1 atom stereocenters. The zero-order valence-electron chi connectivity index (χ0n) is 11.7. The van der Waals surface area contributed by atoms with Crippen molar-refractivity contribution in [1.82, 2.24) is 4.90 Å². The van der Waals surface area contributed by atoms with Crippen molar-refractivity contribution >= 4 is 23.1 Å². The van der Waals surface area contributed by atoms with E-state index in [4.69, 9.17) is 5.11 Å². The second kappa shape index (κ2) is 6.28. The average molecular weight is 302 g/mol. The van der Waals surface area contributed by atoms with E-state index in [9.17, 15) is 4.79 Å². The highest BCUT2D eigenvalue weighted by Crippen LogP contribution is 2.31. The van der Waals surface area contributed by atoms with E-state index in [1.54, 1.807) is 16.2 Å². The molecule has 21 heavy (non-hydrogen) atoms. The van der Waals surface area contributed by atoms with Crippen molar-refractivity contribution in [2.24, 2.45) is 5.92 Å². The monoisotopic (exact) mass is 302 g/mol. The zero-order chi connectivity index (χ0) is 14.7. The van der Waals surface area contributed by atoms with Crippen molar-refractivity contribution in [2.75, 3.05) is 25.0 Å². The molecule has 1 aromatic heterocycles. The van der Waals surface area contributed by atoms with Gasteiger partial charge in [-0.2, -0.15) is 0 Å². The van der Waals surface area contributed by atoms with Crippen LogP contribution in [0, 0.1) is 5.92 Å². The lowest BCUT2D eigenvalue weighted by atomic mass is 10.1. The van der Waals surface area contributed by atoms with Crippen LogP contribution in [0.3, 0.4) is 0 Å². The Hall–Kier alpha value is -1.85. The molecule has 1 aliphatic heterocycles. The summed E-state index contributed by atoms with van der Waals surface area (Å²) in [6, 6.07) is 11.8. The molecular formula is C16H18N2O2S. The normalized spacial score (nSPS) is 18.0. The number of benzene rings is 1. The number of rotatable bonds is 3. The van der Waals surface area contributed by atoms with E-state index >= 15 is 0 Å². The van der Waals surface area contributed by atoms with Crippen LogP contribution >= 0.6 is 11.3 Å². The van der Waals surface area contributed by atoms with Crippen LogP contribution in [0.25, 0.3) is 10.4 Å². The minimum atomic E-state index is -0.0880. The van der Waals surface area contributed by atoms with Crippen LogP contribution < -0.4 is 5.32 Å². The number of aliphatic hydroxyl groups is 1. The standard InChI is InChI=1S/C16H18N2O2S/c19-11-12-7-8-18(10-12)16(20)17-14-5-2-1-4-13(14)15-6-3-9-21-15/h1-6,9,12,19H,7-8,10-11H2,(H,17,20). The molecule has 1 aliphatic rings. The molecule has 2 amide bonds. The lowest BCUT2D eigenvalue weighted by Crippen LogP contribution is -2.33. The summed E-state index contributed by atoms with van der Waals surface area (Å²) in [5, 5.41) is 14.2. The number of para-hydroxylation sites is 1. The van der Waals surface area contributed by atoms with Gasteiger partial charge in [-0.15, -0.1) is 11.3 Å². The third kappa shape index (κ3) is 3.09. The Bertz CT molecular complexity index is 612. The summed E-state index contributed by atoms with van der Waals surface area (Å²) in [7, 11) is 0. The number of urea groups is 1. The van der Waals surface area contributed by atoms with E-state index in [1.165, 1.54) is 0 Å². The fraction of sp³-hybridized carbons (Fsp3) is 0.312. The van der Waals surface area contributed by atoms with Crippen molar-refractivity contribution in [1.29, 1.82) is 0 Å². The van der Waals surface area contributed by atoms with Gasteiger partial charge in [0, 0.05) is 36.1 Å². The Morgan fingerprint density at radius 3 is 2.90 bits per heavy atom. The average Bonchev–Trinajstić information content (AvgIpc) is 3.19. The number of carbonyl (C=O) groups excluding carboxylic acids is 1. The van der Waals surface area contributed by atoms with Gasteiger partial charge in [-0.05, 0) is 23.9 Å². The van der Waals surface area contributed by atoms with Crippen LogP contribution in [0.2, 0.25) is 0 Å². The summed E-state index contributed by atoms with van der Waals surface area (Å²) in [5.74, 6) is 0.211. The van der Waals surface area contributed by atoms with Crippen molar-refractivity contribution in [3.63, 3.8) is 0 Å². The smallest absolute Gasteiger partial charge is 0.321 e. The first-order chi connectivity index (χ1) is 10.3. The number of thiophene rings is 1. The largest absolute Gasteiger partial charge is 0.396 e. The first-order valence-corrected chi connectivity index (χ1v) is 7.95. The van der Waals surface area contributed by atoms with E-state index in [1.807, 2.05) is 41.8 Å². The van der Waals surface area contributed by atoms with Gasteiger partial charge in [0.2, 0.25) is 0 Å². The van der Waals surface area contributed by atoms with E-state index < -0.39 is 0 Å². The Balaban J connectivity index is 1.75. The van der Waals surface area contributed by atoms with Crippen LogP contribution in [-0.2, 0) is 0 Å². The lowest BCUT2D eigenvalue weighted by Gasteiger charge is -2.18. The lowest BCUT2D eigenvalue weighted by molar-refractivity contribution is 0.209. The molecule has 2 heterocycles. The summed E-state index contributed by atoms with van der Waals surface area (Å²) in [6.07, 6.45) is 0.872. The summed E-state index contributed by atoms with van der Waals surface area (Å²) < 4.78 is 0. The summed E-state index contributed by atoms with van der Waals surface area (Å²) in [4.78, 5) is 15.2. The fourth-order valence-electron chi connectivity index (χ4n) is 2.60. The Labute approximate surface area is 128 Å². The highest BCUT2D eigenvalue weighted by Gasteiger charge is 2.26. The number of amides is 2. The van der Waals surface area contributed by atoms with Crippen molar-refractivity contribution in [3.05, 3.63) is 41.8 Å². The minimum absolute atomic E-state index is 0.0880. The van der Waals surface area contributed by atoms with Crippen molar-refractivity contribution < 1.29 is 9.90 Å². The molecule has 4 nitrogen and oxygen atoms in total. The predicted octanol–water partition coefficient (Wildman–Crippen LogP) is 3.26. The summed E-state index contributed by atoms with van der Waals surface area (Å²) >= 11 is 1.66. The van der Waals surface area contributed by atoms with Crippen LogP contribution in [0.1, 0.15) is 6.42 Å².